The Morgan fingerprint density at radius 1 is 0.545 bits per heavy atom. The lowest BCUT2D eigenvalue weighted by molar-refractivity contribution is -0.132. The third kappa shape index (κ3) is 8.46. The number of hydrogen-bond donors (Lipinski definition) is 8. The van der Waals surface area contributed by atoms with E-state index in [1.165, 1.54) is 13.8 Å². The van der Waals surface area contributed by atoms with Crippen molar-refractivity contribution in [2.75, 3.05) is 0 Å². The van der Waals surface area contributed by atoms with Gasteiger partial charge in [0.2, 0.25) is 0 Å². The minimum atomic E-state index is -1.65. The highest BCUT2D eigenvalue weighted by Gasteiger charge is 2.28. The van der Waals surface area contributed by atoms with Gasteiger partial charge in [-0.1, -0.05) is 0 Å². The molecule has 0 fully saturated rings. The van der Waals surface area contributed by atoms with Gasteiger partial charge in [0.1, 0.15) is 36.6 Å². The van der Waals surface area contributed by atoms with Gasteiger partial charge in [-0.3, -0.25) is 0 Å². The molecule has 0 amide bonds. The number of aliphatic hydroxyl groups is 8. The van der Waals surface area contributed by atoms with E-state index < -0.39 is 48.8 Å². The minimum absolute atomic E-state index is 0.0935. The summed E-state index contributed by atoms with van der Waals surface area (Å²) in [6, 6.07) is 0. The van der Waals surface area contributed by atoms with Crippen molar-refractivity contribution in [3.63, 3.8) is 0 Å². The van der Waals surface area contributed by atoms with Gasteiger partial charge < -0.3 is 50.4 Å². The van der Waals surface area contributed by atoms with E-state index in [9.17, 15) is 9.59 Å². The Balaban J connectivity index is 0. The van der Waals surface area contributed by atoms with Crippen LogP contribution in [0.25, 0.3) is 0 Å². The highest BCUT2D eigenvalue weighted by molar-refractivity contribution is 5.57. The average Bonchev–Trinajstić information content (AvgIpc) is 2.50. The first-order chi connectivity index (χ1) is 10.0. The molecule has 0 unspecified atom stereocenters. The van der Waals surface area contributed by atoms with Crippen LogP contribution in [-0.4, -0.2) is 102 Å². The van der Waals surface area contributed by atoms with Gasteiger partial charge in [-0.05, 0) is 13.8 Å². The molecule has 0 aromatic heterocycles. The first-order valence-electron chi connectivity index (χ1n) is 6.36. The molecule has 0 spiro atoms. The summed E-state index contributed by atoms with van der Waals surface area (Å²) in [5.41, 5.74) is 0. The van der Waals surface area contributed by atoms with Gasteiger partial charge in [0, 0.05) is 0 Å². The highest BCUT2D eigenvalue weighted by atomic mass is 16.4. The van der Waals surface area contributed by atoms with Crippen LogP contribution in [0.5, 0.6) is 0 Å². The number of carbonyl (C=O) groups excluding carboxylic acids is 2. The Hall–Kier alpha value is -0.980. The SMILES string of the molecule is C[C@H](O)[C@@H](O)[C@@H](O)[C@H](O)C=O.C[C@H](O)[C@@H](O)[C@@H](O)[C@H](O)C=O. The molecule has 0 rings (SSSR count). The van der Waals surface area contributed by atoms with Gasteiger partial charge in [-0.2, -0.15) is 0 Å². The predicted octanol–water partition coefficient (Wildman–Crippen LogP) is -4.70. The zero-order valence-electron chi connectivity index (χ0n) is 12.2. The van der Waals surface area contributed by atoms with Gasteiger partial charge in [-0.25, -0.2) is 0 Å². The van der Waals surface area contributed by atoms with Crippen LogP contribution < -0.4 is 0 Å². The highest BCUT2D eigenvalue weighted by Crippen LogP contribution is 2.03. The summed E-state index contributed by atoms with van der Waals surface area (Å²) in [5.74, 6) is 0. The van der Waals surface area contributed by atoms with E-state index in [0.29, 0.717) is 0 Å². The van der Waals surface area contributed by atoms with Crippen molar-refractivity contribution in [2.24, 2.45) is 0 Å². The molecule has 22 heavy (non-hydrogen) atoms. The van der Waals surface area contributed by atoms with Crippen LogP contribution in [0.1, 0.15) is 13.8 Å². The van der Waals surface area contributed by atoms with Gasteiger partial charge in [-0.15, -0.1) is 0 Å². The summed E-state index contributed by atoms with van der Waals surface area (Å²) in [7, 11) is 0. The maximum absolute atomic E-state index is 9.87. The summed E-state index contributed by atoms with van der Waals surface area (Å²) < 4.78 is 0. The summed E-state index contributed by atoms with van der Waals surface area (Å²) >= 11 is 0. The van der Waals surface area contributed by atoms with E-state index in [0.717, 1.165) is 0 Å². The number of aliphatic hydroxyl groups excluding tert-OH is 8. The zero-order valence-corrected chi connectivity index (χ0v) is 12.2. The second kappa shape index (κ2) is 11.6. The molecule has 0 aliphatic carbocycles. The van der Waals surface area contributed by atoms with E-state index in [1.54, 1.807) is 0 Å². The van der Waals surface area contributed by atoms with Crippen molar-refractivity contribution in [1.29, 1.82) is 0 Å². The van der Waals surface area contributed by atoms with E-state index in [4.69, 9.17) is 40.9 Å². The topological polar surface area (TPSA) is 196 Å². The molecular formula is C12H24O10. The summed E-state index contributed by atoms with van der Waals surface area (Å²) in [6.07, 6.45) is -11.8. The van der Waals surface area contributed by atoms with E-state index in [1.807, 2.05) is 0 Å². The predicted molar refractivity (Wildman–Crippen MR) is 71.5 cm³/mol. The van der Waals surface area contributed by atoms with Gasteiger partial charge in [0.15, 0.2) is 12.6 Å². The molecule has 0 radical (unpaired) electrons. The van der Waals surface area contributed by atoms with Gasteiger partial charge >= 0.3 is 0 Å². The molecule has 0 heterocycles. The van der Waals surface area contributed by atoms with E-state index in [2.05, 4.69) is 0 Å². The maximum atomic E-state index is 9.87. The van der Waals surface area contributed by atoms with Crippen LogP contribution in [0.15, 0.2) is 0 Å². The molecule has 132 valence electrons. The standard InChI is InChI=1S/2C6H12O5/c2*1-3(8)5(10)6(11)4(9)2-7/h2*2-6,8-11H,1H3/t2*3-,4+,5+,6-/m00/s1. The monoisotopic (exact) mass is 328 g/mol. The Morgan fingerprint density at radius 2 is 0.773 bits per heavy atom. The minimum Gasteiger partial charge on any atom is -0.391 e. The molecule has 10 heteroatoms. The first-order valence-corrected chi connectivity index (χ1v) is 6.36. The lowest BCUT2D eigenvalue weighted by Gasteiger charge is -2.21. The molecule has 0 aromatic carbocycles. The van der Waals surface area contributed by atoms with Crippen molar-refractivity contribution in [1.82, 2.24) is 0 Å². The largest absolute Gasteiger partial charge is 0.391 e. The number of carbonyl (C=O) groups is 2. The van der Waals surface area contributed by atoms with Gasteiger partial charge in [0.05, 0.1) is 12.2 Å². The molecule has 0 bridgehead atoms. The quantitative estimate of drug-likeness (QED) is 0.200. The molecule has 0 saturated carbocycles. The van der Waals surface area contributed by atoms with E-state index >= 15 is 0 Å². The Labute approximate surface area is 126 Å². The Bertz CT molecular complexity index is 278. The van der Waals surface area contributed by atoms with E-state index in [-0.39, 0.29) is 12.6 Å². The molecule has 0 aromatic rings. The molecule has 10 nitrogen and oxygen atoms in total. The lowest BCUT2D eigenvalue weighted by atomic mass is 10.1. The lowest BCUT2D eigenvalue weighted by Crippen LogP contribution is -2.43. The zero-order chi connectivity index (χ0) is 18.0. The third-order valence-electron chi connectivity index (χ3n) is 2.67. The number of rotatable bonds is 8. The molecular weight excluding hydrogens is 304 g/mol. The number of hydrogen-bond acceptors (Lipinski definition) is 10. The third-order valence-corrected chi connectivity index (χ3v) is 2.67. The normalized spacial score (nSPS) is 21.9. The molecule has 0 aliphatic heterocycles. The van der Waals surface area contributed by atoms with Crippen LogP contribution in [0, 0.1) is 0 Å². The fourth-order valence-electron chi connectivity index (χ4n) is 1.14. The van der Waals surface area contributed by atoms with Crippen LogP contribution >= 0.6 is 0 Å². The number of aldehydes is 2. The van der Waals surface area contributed by atoms with Crippen LogP contribution in [0.4, 0.5) is 0 Å². The van der Waals surface area contributed by atoms with Gasteiger partial charge in [0.25, 0.3) is 0 Å². The van der Waals surface area contributed by atoms with Crippen LogP contribution in [-0.2, 0) is 9.59 Å². The Kier molecular flexibility index (Phi) is 12.2. The first kappa shape index (κ1) is 23.3. The van der Waals surface area contributed by atoms with Crippen molar-refractivity contribution >= 4 is 12.6 Å². The summed E-state index contributed by atoms with van der Waals surface area (Å²) in [6.45, 7) is 2.48. The summed E-state index contributed by atoms with van der Waals surface area (Å²) in [5, 5.41) is 70.2. The smallest absolute Gasteiger partial charge is 0.151 e. The van der Waals surface area contributed by atoms with Crippen molar-refractivity contribution in [3.05, 3.63) is 0 Å². The van der Waals surface area contributed by atoms with Crippen LogP contribution in [0.2, 0.25) is 0 Å². The summed E-state index contributed by atoms with van der Waals surface area (Å²) in [4.78, 5) is 19.7. The molecule has 0 aliphatic rings. The second-order valence-electron chi connectivity index (χ2n) is 4.70. The van der Waals surface area contributed by atoms with Crippen molar-refractivity contribution in [2.45, 2.75) is 62.7 Å². The second-order valence-corrected chi connectivity index (χ2v) is 4.70. The molecule has 0 saturated heterocycles. The van der Waals surface area contributed by atoms with Crippen molar-refractivity contribution < 1.29 is 50.4 Å². The molecule has 8 atom stereocenters. The fraction of sp³-hybridized carbons (Fsp3) is 0.833. The maximum Gasteiger partial charge on any atom is 0.151 e. The van der Waals surface area contributed by atoms with Crippen LogP contribution in [0.3, 0.4) is 0 Å². The molecule has 8 N–H and O–H groups in total. The Morgan fingerprint density at radius 3 is 0.909 bits per heavy atom. The van der Waals surface area contributed by atoms with Crippen molar-refractivity contribution in [3.8, 4) is 0 Å². The average molecular weight is 328 g/mol. The fourth-order valence-corrected chi connectivity index (χ4v) is 1.14.